The smallest absolute Gasteiger partial charge is 0.221 e. The summed E-state index contributed by atoms with van der Waals surface area (Å²) < 4.78 is 0. The summed E-state index contributed by atoms with van der Waals surface area (Å²) in [5, 5.41) is 3.73. The Morgan fingerprint density at radius 3 is 3.00 bits per heavy atom. The Kier molecular flexibility index (Phi) is 1.40. The van der Waals surface area contributed by atoms with E-state index in [-0.39, 0.29) is 23.3 Å². The third kappa shape index (κ3) is 0.777. The first kappa shape index (κ1) is 7.58. The molecular formula is C8H12N2O2. The predicted molar refractivity (Wildman–Crippen MR) is 43.4 cm³/mol. The topological polar surface area (TPSA) is 64.7 Å². The van der Waals surface area contributed by atoms with Crippen molar-refractivity contribution in [2.24, 2.45) is 22.7 Å². The molecule has 66 valence electrons. The first-order chi connectivity index (χ1) is 5.66. The van der Waals surface area contributed by atoms with E-state index in [4.69, 9.17) is 10.6 Å². The second-order valence-electron chi connectivity index (χ2n) is 3.65. The molecule has 1 aliphatic heterocycles. The average Bonchev–Trinajstić information content (AvgIpc) is 2.49. The second kappa shape index (κ2) is 2.21. The number of rotatable bonds is 1. The molecule has 0 bridgehead atoms. The predicted octanol–water partition coefficient (Wildman–Crippen LogP) is 0.273. The van der Waals surface area contributed by atoms with Gasteiger partial charge < -0.3 is 10.6 Å². The number of oxime groups is 1. The number of primary amides is 1. The first-order valence-corrected chi connectivity index (χ1v) is 4.15. The molecule has 4 nitrogen and oxygen atoms in total. The Hall–Kier alpha value is -1.06. The summed E-state index contributed by atoms with van der Waals surface area (Å²) in [7, 11) is 0. The highest BCUT2D eigenvalue weighted by atomic mass is 16.7. The molecule has 1 amide bonds. The van der Waals surface area contributed by atoms with Gasteiger partial charge in [0.1, 0.15) is 5.60 Å². The van der Waals surface area contributed by atoms with E-state index in [2.05, 4.69) is 5.16 Å². The molecule has 12 heavy (non-hydrogen) atoms. The van der Waals surface area contributed by atoms with Crippen LogP contribution in [-0.2, 0) is 9.63 Å². The van der Waals surface area contributed by atoms with Gasteiger partial charge in [0.05, 0.1) is 0 Å². The summed E-state index contributed by atoms with van der Waals surface area (Å²) in [6.07, 6.45) is 3.30. The van der Waals surface area contributed by atoms with Crippen molar-refractivity contribution in [1.82, 2.24) is 0 Å². The molecule has 0 saturated heterocycles. The van der Waals surface area contributed by atoms with Crippen LogP contribution in [0.15, 0.2) is 5.16 Å². The van der Waals surface area contributed by atoms with Gasteiger partial charge >= 0.3 is 0 Å². The highest BCUT2D eigenvalue weighted by Gasteiger charge is 2.57. The first-order valence-electron chi connectivity index (χ1n) is 4.15. The molecule has 3 atom stereocenters. The van der Waals surface area contributed by atoms with Gasteiger partial charge in [0.15, 0.2) is 0 Å². The van der Waals surface area contributed by atoms with Crippen molar-refractivity contribution < 1.29 is 9.63 Å². The van der Waals surface area contributed by atoms with Crippen LogP contribution < -0.4 is 5.73 Å². The SMILES string of the molecule is CC1C(C(N)=O)CC12CC=NO2. The lowest BCUT2D eigenvalue weighted by Crippen LogP contribution is -2.56. The summed E-state index contributed by atoms with van der Waals surface area (Å²) in [5.74, 6) is -0.0344. The number of nitrogens with zero attached hydrogens (tertiary/aromatic N) is 1. The number of carbonyl (C=O) groups is 1. The molecule has 2 aliphatic rings. The zero-order valence-corrected chi connectivity index (χ0v) is 6.99. The molecule has 1 aliphatic carbocycles. The molecule has 1 heterocycles. The van der Waals surface area contributed by atoms with Crippen LogP contribution in [0.25, 0.3) is 0 Å². The maximum Gasteiger partial charge on any atom is 0.221 e. The van der Waals surface area contributed by atoms with Crippen molar-refractivity contribution in [2.75, 3.05) is 0 Å². The highest BCUT2D eigenvalue weighted by Crippen LogP contribution is 2.49. The van der Waals surface area contributed by atoms with E-state index >= 15 is 0 Å². The normalized spacial score (nSPS) is 44.1. The van der Waals surface area contributed by atoms with Crippen molar-refractivity contribution in [3.8, 4) is 0 Å². The van der Waals surface area contributed by atoms with Crippen molar-refractivity contribution in [2.45, 2.75) is 25.4 Å². The molecule has 1 saturated carbocycles. The van der Waals surface area contributed by atoms with Crippen molar-refractivity contribution in [1.29, 1.82) is 0 Å². The van der Waals surface area contributed by atoms with E-state index in [9.17, 15) is 4.79 Å². The summed E-state index contributed by atoms with van der Waals surface area (Å²) in [5.41, 5.74) is 5.01. The van der Waals surface area contributed by atoms with Crippen molar-refractivity contribution >= 4 is 12.1 Å². The standard InChI is InChI=1S/C8H12N2O2/c1-5-6(7(9)11)4-8(5)2-3-10-12-8/h3,5-6H,2,4H2,1H3,(H2,9,11). The maximum absolute atomic E-state index is 10.9. The molecular weight excluding hydrogens is 156 g/mol. The zero-order valence-electron chi connectivity index (χ0n) is 6.99. The molecule has 0 aromatic heterocycles. The lowest BCUT2D eigenvalue weighted by molar-refractivity contribution is -0.169. The maximum atomic E-state index is 10.9. The summed E-state index contributed by atoms with van der Waals surface area (Å²) >= 11 is 0. The van der Waals surface area contributed by atoms with Gasteiger partial charge in [-0.25, -0.2) is 0 Å². The largest absolute Gasteiger partial charge is 0.389 e. The van der Waals surface area contributed by atoms with Gasteiger partial charge in [-0.05, 0) is 0 Å². The molecule has 1 spiro atoms. The summed E-state index contributed by atoms with van der Waals surface area (Å²) in [6.45, 7) is 1.99. The van der Waals surface area contributed by atoms with Gasteiger partial charge in [-0.2, -0.15) is 0 Å². The Morgan fingerprint density at radius 1 is 1.83 bits per heavy atom. The van der Waals surface area contributed by atoms with Crippen LogP contribution in [-0.4, -0.2) is 17.7 Å². The lowest BCUT2D eigenvalue weighted by atomic mass is 9.61. The quantitative estimate of drug-likeness (QED) is 0.610. The van der Waals surface area contributed by atoms with E-state index < -0.39 is 0 Å². The number of amides is 1. The van der Waals surface area contributed by atoms with Crippen LogP contribution >= 0.6 is 0 Å². The van der Waals surface area contributed by atoms with Gasteiger partial charge in [0.25, 0.3) is 0 Å². The average molecular weight is 168 g/mol. The molecule has 1 fully saturated rings. The number of hydrogen-bond donors (Lipinski definition) is 1. The van der Waals surface area contributed by atoms with Crippen molar-refractivity contribution in [3.05, 3.63) is 0 Å². The third-order valence-electron chi connectivity index (χ3n) is 3.11. The highest BCUT2D eigenvalue weighted by molar-refractivity contribution is 5.79. The monoisotopic (exact) mass is 168 g/mol. The lowest BCUT2D eigenvalue weighted by Gasteiger charge is -2.47. The molecule has 0 aromatic rings. The Labute approximate surface area is 70.7 Å². The van der Waals surface area contributed by atoms with E-state index in [1.165, 1.54) is 0 Å². The van der Waals surface area contributed by atoms with Crippen molar-refractivity contribution in [3.63, 3.8) is 0 Å². The van der Waals surface area contributed by atoms with Crippen LogP contribution in [0.1, 0.15) is 19.8 Å². The van der Waals surface area contributed by atoms with Gasteiger partial charge in [0, 0.05) is 30.9 Å². The third-order valence-corrected chi connectivity index (χ3v) is 3.11. The van der Waals surface area contributed by atoms with Gasteiger partial charge in [0.2, 0.25) is 5.91 Å². The second-order valence-corrected chi connectivity index (χ2v) is 3.65. The number of nitrogens with two attached hydrogens (primary N) is 1. The Morgan fingerprint density at radius 2 is 2.58 bits per heavy atom. The summed E-state index contributed by atoms with van der Waals surface area (Å²) in [4.78, 5) is 16.1. The molecule has 0 radical (unpaired) electrons. The van der Waals surface area contributed by atoms with Gasteiger partial charge in [-0.1, -0.05) is 12.1 Å². The fourth-order valence-corrected chi connectivity index (χ4v) is 2.05. The zero-order chi connectivity index (χ0) is 8.77. The number of carbonyl (C=O) groups excluding carboxylic acids is 1. The van der Waals surface area contributed by atoms with Crippen LogP contribution in [0.4, 0.5) is 0 Å². The van der Waals surface area contributed by atoms with E-state index in [1.54, 1.807) is 6.21 Å². The minimum Gasteiger partial charge on any atom is -0.389 e. The van der Waals surface area contributed by atoms with Crippen LogP contribution in [0.5, 0.6) is 0 Å². The van der Waals surface area contributed by atoms with E-state index in [0.717, 1.165) is 12.8 Å². The van der Waals surface area contributed by atoms with E-state index in [1.807, 2.05) is 6.92 Å². The Balaban J connectivity index is 2.04. The van der Waals surface area contributed by atoms with Crippen LogP contribution in [0.2, 0.25) is 0 Å². The minimum atomic E-state index is -0.219. The van der Waals surface area contributed by atoms with Gasteiger partial charge in [-0.3, -0.25) is 4.79 Å². The van der Waals surface area contributed by atoms with E-state index in [0.29, 0.717) is 0 Å². The fraction of sp³-hybridized carbons (Fsp3) is 0.750. The molecule has 2 rings (SSSR count). The molecule has 3 unspecified atom stereocenters. The van der Waals surface area contributed by atoms with Crippen LogP contribution in [0, 0.1) is 11.8 Å². The van der Waals surface area contributed by atoms with Gasteiger partial charge in [-0.15, -0.1) is 0 Å². The van der Waals surface area contributed by atoms with Crippen LogP contribution in [0.3, 0.4) is 0 Å². The fourth-order valence-electron chi connectivity index (χ4n) is 2.05. The minimum absolute atomic E-state index is 0.0216. The molecule has 0 aromatic carbocycles. The number of hydrogen-bond acceptors (Lipinski definition) is 3. The Bertz CT molecular complexity index is 241. The molecule has 2 N–H and O–H groups in total. The molecule has 4 heteroatoms. The summed E-state index contributed by atoms with van der Waals surface area (Å²) in [6, 6.07) is 0.